The molecule has 1 unspecified atom stereocenters. The van der Waals surface area contributed by atoms with Crippen LogP contribution >= 0.6 is 0 Å². The number of nitrogens with one attached hydrogen (secondary N) is 3. The molecule has 2 aromatic carbocycles. The number of H-pyrrole nitrogens is 1. The van der Waals surface area contributed by atoms with Gasteiger partial charge in [-0.15, -0.1) is 9.78 Å². The Hall–Kier alpha value is -5.00. The maximum absolute atomic E-state index is 12.7. The molecule has 4 rings (SSSR count). The van der Waals surface area contributed by atoms with E-state index in [0.717, 1.165) is 4.68 Å². The number of aromatic nitrogens is 5. The molecule has 0 amide bonds. The highest BCUT2D eigenvalue weighted by atomic mass is 16.5. The third-order valence-corrected chi connectivity index (χ3v) is 5.16. The van der Waals surface area contributed by atoms with Crippen LogP contribution < -0.4 is 21.5 Å². The second-order valence-electron chi connectivity index (χ2n) is 7.74. The topological polar surface area (TPSA) is 174 Å². The van der Waals surface area contributed by atoms with E-state index in [1.54, 1.807) is 42.5 Å². The predicted molar refractivity (Wildman–Crippen MR) is 131 cm³/mol. The van der Waals surface area contributed by atoms with Crippen molar-refractivity contribution >= 4 is 17.5 Å². The molecular formula is C24H24N8O4. The number of anilines is 1. The van der Waals surface area contributed by atoms with Gasteiger partial charge in [0.05, 0.1) is 7.11 Å². The van der Waals surface area contributed by atoms with E-state index < -0.39 is 17.7 Å². The summed E-state index contributed by atoms with van der Waals surface area (Å²) < 4.78 is 11.7. The van der Waals surface area contributed by atoms with Crippen molar-refractivity contribution in [3.05, 3.63) is 93.9 Å². The summed E-state index contributed by atoms with van der Waals surface area (Å²) in [7, 11) is 1.53. The van der Waals surface area contributed by atoms with Gasteiger partial charge in [-0.2, -0.15) is 0 Å². The molecule has 0 aliphatic rings. The summed E-state index contributed by atoms with van der Waals surface area (Å²) in [6, 6.07) is 13.3. The number of nitrogen functional groups attached to an aromatic ring is 1. The maximum atomic E-state index is 12.7. The number of carbonyl (C=O) groups is 1. The Morgan fingerprint density at radius 2 is 1.92 bits per heavy atom. The fourth-order valence-electron chi connectivity index (χ4n) is 3.47. The van der Waals surface area contributed by atoms with E-state index in [1.165, 1.54) is 26.4 Å². The van der Waals surface area contributed by atoms with Crippen LogP contribution in [0.4, 0.5) is 5.69 Å². The number of methoxy groups -OCH3 is 1. The molecule has 1 atom stereocenters. The molecular weight excluding hydrogens is 464 g/mol. The molecule has 0 bridgehead atoms. The van der Waals surface area contributed by atoms with Gasteiger partial charge in [-0.25, -0.2) is 14.8 Å². The van der Waals surface area contributed by atoms with Crippen LogP contribution in [0.1, 0.15) is 35.5 Å². The number of aromatic amines is 1. The minimum absolute atomic E-state index is 0.0440. The Morgan fingerprint density at radius 3 is 2.56 bits per heavy atom. The number of amidine groups is 1. The van der Waals surface area contributed by atoms with Crippen molar-refractivity contribution in [2.75, 3.05) is 12.4 Å². The van der Waals surface area contributed by atoms with Crippen LogP contribution in [0.25, 0.3) is 5.95 Å². The van der Waals surface area contributed by atoms with Crippen LogP contribution in [0, 0.1) is 5.41 Å². The minimum Gasteiger partial charge on any atom is -0.497 e. The van der Waals surface area contributed by atoms with Gasteiger partial charge < -0.3 is 20.5 Å². The molecule has 12 nitrogen and oxygen atoms in total. The normalized spacial score (nSPS) is 11.5. The van der Waals surface area contributed by atoms with Gasteiger partial charge in [-0.1, -0.05) is 0 Å². The molecule has 0 saturated heterocycles. The first-order valence-corrected chi connectivity index (χ1v) is 10.8. The van der Waals surface area contributed by atoms with Gasteiger partial charge in [-0.3, -0.25) is 15.2 Å². The average molecular weight is 489 g/mol. The fraction of sp³-hybridized carbons (Fsp3) is 0.167. The summed E-state index contributed by atoms with van der Waals surface area (Å²) in [4.78, 5) is 35.0. The Morgan fingerprint density at radius 1 is 1.19 bits per heavy atom. The number of ether oxygens (including phenoxy) is 2. The van der Waals surface area contributed by atoms with Crippen molar-refractivity contribution in [2.24, 2.45) is 5.73 Å². The molecule has 2 aromatic heterocycles. The van der Waals surface area contributed by atoms with Gasteiger partial charge in [0.15, 0.2) is 5.82 Å². The average Bonchev–Trinajstić information content (AvgIpc) is 3.27. The molecule has 5 N–H and O–H groups in total. The molecule has 0 fully saturated rings. The third-order valence-electron chi connectivity index (χ3n) is 5.16. The van der Waals surface area contributed by atoms with Gasteiger partial charge in [0.2, 0.25) is 0 Å². The first-order chi connectivity index (χ1) is 17.3. The monoisotopic (exact) mass is 488 g/mol. The SMILES string of the molecule is COc1cc(COC(C)=O)cc(C(Nc2ccc(C(=N)N)cc2)c2nn(-c3ncccn3)c(=O)[nH]2)c1. The largest absolute Gasteiger partial charge is 0.497 e. The van der Waals surface area contributed by atoms with Gasteiger partial charge in [0.25, 0.3) is 5.95 Å². The summed E-state index contributed by atoms with van der Waals surface area (Å²) >= 11 is 0. The van der Waals surface area contributed by atoms with E-state index in [4.69, 9.17) is 20.6 Å². The molecule has 0 aliphatic heterocycles. The van der Waals surface area contributed by atoms with E-state index in [-0.39, 0.29) is 24.2 Å². The lowest BCUT2D eigenvalue weighted by atomic mass is 10.0. The minimum atomic E-state index is -0.656. The zero-order valence-corrected chi connectivity index (χ0v) is 19.6. The molecule has 184 valence electrons. The second kappa shape index (κ2) is 10.5. The van der Waals surface area contributed by atoms with E-state index in [9.17, 15) is 9.59 Å². The van der Waals surface area contributed by atoms with Crippen LogP contribution in [0.3, 0.4) is 0 Å². The van der Waals surface area contributed by atoms with Gasteiger partial charge in [-0.05, 0) is 59.7 Å². The van der Waals surface area contributed by atoms with Gasteiger partial charge in [0.1, 0.15) is 24.2 Å². The van der Waals surface area contributed by atoms with Gasteiger partial charge >= 0.3 is 11.7 Å². The Balaban J connectivity index is 1.79. The first-order valence-electron chi connectivity index (χ1n) is 10.8. The van der Waals surface area contributed by atoms with Crippen molar-refractivity contribution in [1.29, 1.82) is 5.41 Å². The lowest BCUT2D eigenvalue weighted by Crippen LogP contribution is -2.18. The highest BCUT2D eigenvalue weighted by Gasteiger charge is 2.22. The number of nitrogens with zero attached hydrogens (tertiary/aromatic N) is 4. The van der Waals surface area contributed by atoms with Crippen LogP contribution in [0.2, 0.25) is 0 Å². The zero-order valence-electron chi connectivity index (χ0n) is 19.6. The van der Waals surface area contributed by atoms with Crippen molar-refractivity contribution in [2.45, 2.75) is 19.6 Å². The van der Waals surface area contributed by atoms with Crippen molar-refractivity contribution in [1.82, 2.24) is 24.7 Å². The Bertz CT molecular complexity index is 1430. The quantitative estimate of drug-likeness (QED) is 0.156. The number of rotatable bonds is 9. The molecule has 0 saturated carbocycles. The van der Waals surface area contributed by atoms with Gasteiger partial charge in [0, 0.05) is 30.6 Å². The highest BCUT2D eigenvalue weighted by molar-refractivity contribution is 5.95. The summed E-state index contributed by atoms with van der Waals surface area (Å²) in [5.74, 6) is 0.476. The van der Waals surface area contributed by atoms with E-state index in [1.807, 2.05) is 6.07 Å². The molecule has 12 heteroatoms. The maximum Gasteiger partial charge on any atom is 0.350 e. The molecule has 36 heavy (non-hydrogen) atoms. The van der Waals surface area contributed by atoms with Crippen molar-refractivity contribution < 1.29 is 14.3 Å². The number of hydrogen-bond acceptors (Lipinski definition) is 9. The van der Waals surface area contributed by atoms with E-state index >= 15 is 0 Å². The van der Waals surface area contributed by atoms with E-state index in [0.29, 0.717) is 28.1 Å². The third kappa shape index (κ3) is 5.55. The lowest BCUT2D eigenvalue weighted by Gasteiger charge is -2.20. The molecule has 0 aliphatic carbocycles. The molecule has 2 heterocycles. The number of benzene rings is 2. The lowest BCUT2D eigenvalue weighted by molar-refractivity contribution is -0.142. The molecule has 0 radical (unpaired) electrons. The Kier molecular flexibility index (Phi) is 7.04. The van der Waals surface area contributed by atoms with E-state index in [2.05, 4.69) is 25.4 Å². The summed E-state index contributed by atoms with van der Waals surface area (Å²) in [5, 5.41) is 15.4. The first kappa shape index (κ1) is 24.1. The van der Waals surface area contributed by atoms with Crippen molar-refractivity contribution in [3.63, 3.8) is 0 Å². The van der Waals surface area contributed by atoms with Crippen molar-refractivity contribution in [3.8, 4) is 11.7 Å². The van der Waals surface area contributed by atoms with Crippen LogP contribution in [-0.4, -0.2) is 43.6 Å². The number of carbonyl (C=O) groups excluding carboxylic acids is 1. The molecule has 0 spiro atoms. The molecule has 4 aromatic rings. The predicted octanol–water partition coefficient (Wildman–Crippen LogP) is 1.91. The Labute approximate surface area is 205 Å². The van der Waals surface area contributed by atoms with Crippen LogP contribution in [0.5, 0.6) is 5.75 Å². The highest BCUT2D eigenvalue weighted by Crippen LogP contribution is 2.29. The number of nitrogens with two attached hydrogens (primary N) is 1. The van der Waals surface area contributed by atoms with Crippen LogP contribution in [-0.2, 0) is 16.1 Å². The van der Waals surface area contributed by atoms with Crippen LogP contribution in [0.15, 0.2) is 65.7 Å². The summed E-state index contributed by atoms with van der Waals surface area (Å²) in [6.07, 6.45) is 3.03. The standard InChI is InChI=1S/C24H24N8O4/c1-14(33)36-13-15-10-17(12-19(11-15)35-2)20(29-18-6-4-16(5-7-18)21(25)26)22-30-24(34)32(31-22)23-27-8-3-9-28-23/h3-12,20,29H,13H2,1-2H3,(H3,25,26)(H,30,31,34). The summed E-state index contributed by atoms with van der Waals surface area (Å²) in [5.41, 5.74) is 7.67. The number of hydrogen-bond donors (Lipinski definition) is 4. The summed E-state index contributed by atoms with van der Waals surface area (Å²) in [6.45, 7) is 1.38. The number of esters is 1. The smallest absolute Gasteiger partial charge is 0.350 e. The second-order valence-corrected chi connectivity index (χ2v) is 7.74. The zero-order chi connectivity index (χ0) is 25.7. The fourth-order valence-corrected chi connectivity index (χ4v) is 3.47.